The molecule has 0 saturated carbocycles. The number of aromatic nitrogens is 2. The molecule has 2 amide bonds. The predicted octanol–water partition coefficient (Wildman–Crippen LogP) is 2.02. The van der Waals surface area contributed by atoms with Crippen molar-refractivity contribution in [3.05, 3.63) is 52.4 Å². The number of benzene rings is 1. The first-order valence-electron chi connectivity index (χ1n) is 7.61. The normalized spacial score (nSPS) is 10.5. The van der Waals surface area contributed by atoms with Gasteiger partial charge in [0.2, 0.25) is 5.91 Å². The Balaban J connectivity index is 2.00. The van der Waals surface area contributed by atoms with E-state index >= 15 is 0 Å². The molecule has 0 unspecified atom stereocenters. The lowest BCUT2D eigenvalue weighted by Gasteiger charge is -2.09. The predicted molar refractivity (Wildman–Crippen MR) is 92.0 cm³/mol. The minimum Gasteiger partial charge on any atom is -0.326 e. The van der Waals surface area contributed by atoms with E-state index in [9.17, 15) is 14.4 Å². The first-order valence-corrected chi connectivity index (χ1v) is 7.61. The fourth-order valence-corrected chi connectivity index (χ4v) is 2.04. The molecule has 2 N–H and O–H groups in total. The molecule has 7 nitrogen and oxygen atoms in total. The van der Waals surface area contributed by atoms with Gasteiger partial charge in [-0.2, -0.15) is 5.10 Å². The van der Waals surface area contributed by atoms with Crippen LogP contribution in [-0.4, -0.2) is 21.6 Å². The summed E-state index contributed by atoms with van der Waals surface area (Å²) in [4.78, 5) is 35.1. The van der Waals surface area contributed by atoms with E-state index < -0.39 is 5.91 Å². The Morgan fingerprint density at radius 2 is 1.62 bits per heavy atom. The highest BCUT2D eigenvalue weighted by molar-refractivity contribution is 6.02. The van der Waals surface area contributed by atoms with Crippen molar-refractivity contribution in [2.45, 2.75) is 20.3 Å². The molecule has 1 aromatic carbocycles. The zero-order valence-corrected chi connectivity index (χ0v) is 13.9. The van der Waals surface area contributed by atoms with Gasteiger partial charge in [-0.3, -0.25) is 14.4 Å². The molecule has 2 rings (SSSR count). The minimum absolute atomic E-state index is 0.0452. The van der Waals surface area contributed by atoms with Gasteiger partial charge in [0.25, 0.3) is 11.5 Å². The van der Waals surface area contributed by atoms with Gasteiger partial charge in [-0.25, -0.2) is 4.68 Å². The molecule has 1 heterocycles. The van der Waals surface area contributed by atoms with Gasteiger partial charge in [-0.05, 0) is 36.2 Å². The van der Waals surface area contributed by atoms with Crippen molar-refractivity contribution in [2.24, 2.45) is 13.0 Å². The maximum atomic E-state index is 12.1. The summed E-state index contributed by atoms with van der Waals surface area (Å²) in [5, 5.41) is 9.37. The molecule has 0 aliphatic carbocycles. The number of nitrogens with one attached hydrogen (secondary N) is 2. The van der Waals surface area contributed by atoms with Crippen LogP contribution in [0.1, 0.15) is 30.8 Å². The number of anilines is 2. The molecular weight excluding hydrogens is 308 g/mol. The van der Waals surface area contributed by atoms with Gasteiger partial charge >= 0.3 is 0 Å². The average molecular weight is 328 g/mol. The molecule has 0 saturated heterocycles. The Kier molecular flexibility index (Phi) is 5.47. The van der Waals surface area contributed by atoms with E-state index in [1.807, 2.05) is 13.8 Å². The number of hydrogen-bond acceptors (Lipinski definition) is 4. The standard InChI is InChI=1S/C17H20N4O3/c1-11(2)10-15(22)18-12-4-6-13(7-5-12)19-17(24)14-8-9-16(23)21(3)20-14/h4-9,11H,10H2,1-3H3,(H,18,22)(H,19,24). The molecule has 0 aliphatic rings. The number of amides is 2. The van der Waals surface area contributed by atoms with Crippen LogP contribution in [0.4, 0.5) is 11.4 Å². The lowest BCUT2D eigenvalue weighted by atomic mass is 10.1. The van der Waals surface area contributed by atoms with Gasteiger partial charge < -0.3 is 10.6 Å². The van der Waals surface area contributed by atoms with Crippen LogP contribution in [-0.2, 0) is 11.8 Å². The number of carbonyl (C=O) groups is 2. The number of rotatable bonds is 5. The molecule has 7 heteroatoms. The zero-order valence-electron chi connectivity index (χ0n) is 13.9. The van der Waals surface area contributed by atoms with Gasteiger partial charge in [-0.1, -0.05) is 13.8 Å². The van der Waals surface area contributed by atoms with Crippen molar-refractivity contribution < 1.29 is 9.59 Å². The molecule has 24 heavy (non-hydrogen) atoms. The van der Waals surface area contributed by atoms with Crippen LogP contribution in [0.15, 0.2) is 41.2 Å². The van der Waals surface area contributed by atoms with Crippen molar-refractivity contribution >= 4 is 23.2 Å². The van der Waals surface area contributed by atoms with Gasteiger partial charge in [-0.15, -0.1) is 0 Å². The van der Waals surface area contributed by atoms with Crippen molar-refractivity contribution in [3.8, 4) is 0 Å². The van der Waals surface area contributed by atoms with Gasteiger partial charge in [0, 0.05) is 30.9 Å². The highest BCUT2D eigenvalue weighted by atomic mass is 16.2. The summed E-state index contributed by atoms with van der Waals surface area (Å²) in [7, 11) is 1.48. The van der Waals surface area contributed by atoms with Crippen LogP contribution in [0, 0.1) is 5.92 Å². The van der Waals surface area contributed by atoms with Crippen LogP contribution in [0.25, 0.3) is 0 Å². The maximum absolute atomic E-state index is 12.1. The van der Waals surface area contributed by atoms with Crippen LogP contribution in [0.3, 0.4) is 0 Å². The lowest BCUT2D eigenvalue weighted by Crippen LogP contribution is -2.23. The average Bonchev–Trinajstić information content (AvgIpc) is 2.51. The summed E-state index contributed by atoms with van der Waals surface area (Å²) in [5.41, 5.74) is 1.09. The third kappa shape index (κ3) is 4.77. The van der Waals surface area contributed by atoms with E-state index in [1.165, 1.54) is 19.2 Å². The molecule has 0 bridgehead atoms. The Hall–Kier alpha value is -2.96. The maximum Gasteiger partial charge on any atom is 0.276 e. The molecule has 2 aromatic rings. The van der Waals surface area contributed by atoms with Crippen molar-refractivity contribution in [1.82, 2.24) is 9.78 Å². The fraction of sp³-hybridized carbons (Fsp3) is 0.294. The number of nitrogens with zero attached hydrogens (tertiary/aromatic N) is 2. The van der Waals surface area contributed by atoms with E-state index in [0.29, 0.717) is 17.8 Å². The second-order valence-electron chi connectivity index (χ2n) is 5.86. The fourth-order valence-electron chi connectivity index (χ4n) is 2.04. The largest absolute Gasteiger partial charge is 0.326 e. The highest BCUT2D eigenvalue weighted by Crippen LogP contribution is 2.15. The lowest BCUT2D eigenvalue weighted by molar-refractivity contribution is -0.116. The monoisotopic (exact) mass is 328 g/mol. The molecule has 126 valence electrons. The first-order chi connectivity index (χ1) is 11.3. The van der Waals surface area contributed by atoms with Crippen molar-refractivity contribution in [2.75, 3.05) is 10.6 Å². The van der Waals surface area contributed by atoms with Crippen LogP contribution in [0.5, 0.6) is 0 Å². The summed E-state index contributed by atoms with van der Waals surface area (Å²) in [6.07, 6.45) is 0.455. The summed E-state index contributed by atoms with van der Waals surface area (Å²) < 4.78 is 1.10. The van der Waals surface area contributed by atoms with Crippen LogP contribution >= 0.6 is 0 Å². The first kappa shape index (κ1) is 17.4. The number of aryl methyl sites for hydroxylation is 1. The highest BCUT2D eigenvalue weighted by Gasteiger charge is 2.09. The molecule has 1 aromatic heterocycles. The van der Waals surface area contributed by atoms with E-state index in [1.54, 1.807) is 24.3 Å². The summed E-state index contributed by atoms with van der Waals surface area (Å²) >= 11 is 0. The van der Waals surface area contributed by atoms with Gasteiger partial charge in [0.15, 0.2) is 0 Å². The summed E-state index contributed by atoms with van der Waals surface area (Å²) in [5.74, 6) is -0.170. The molecule has 0 radical (unpaired) electrons. The molecule has 0 fully saturated rings. The second-order valence-corrected chi connectivity index (χ2v) is 5.86. The number of hydrogen-bond donors (Lipinski definition) is 2. The Labute approximate surface area is 139 Å². The zero-order chi connectivity index (χ0) is 17.7. The van der Waals surface area contributed by atoms with E-state index in [0.717, 1.165) is 4.68 Å². The third-order valence-electron chi connectivity index (χ3n) is 3.21. The van der Waals surface area contributed by atoms with E-state index in [4.69, 9.17) is 0 Å². The molecule has 0 atom stereocenters. The van der Waals surface area contributed by atoms with E-state index in [-0.39, 0.29) is 23.1 Å². The Morgan fingerprint density at radius 3 is 2.17 bits per heavy atom. The van der Waals surface area contributed by atoms with Crippen LogP contribution in [0.2, 0.25) is 0 Å². The third-order valence-corrected chi connectivity index (χ3v) is 3.21. The van der Waals surface area contributed by atoms with Crippen molar-refractivity contribution in [1.29, 1.82) is 0 Å². The summed E-state index contributed by atoms with van der Waals surface area (Å²) in [6, 6.07) is 9.45. The van der Waals surface area contributed by atoms with Gasteiger partial charge in [0.05, 0.1) is 0 Å². The topological polar surface area (TPSA) is 93.1 Å². The Bertz CT molecular complexity index is 794. The molecule has 0 spiro atoms. The number of carbonyl (C=O) groups excluding carboxylic acids is 2. The molecular formula is C17H20N4O3. The van der Waals surface area contributed by atoms with Gasteiger partial charge in [0.1, 0.15) is 5.69 Å². The molecule has 0 aliphatic heterocycles. The Morgan fingerprint density at radius 1 is 1.04 bits per heavy atom. The smallest absolute Gasteiger partial charge is 0.276 e. The van der Waals surface area contributed by atoms with Crippen LogP contribution < -0.4 is 16.2 Å². The van der Waals surface area contributed by atoms with Crippen molar-refractivity contribution in [3.63, 3.8) is 0 Å². The quantitative estimate of drug-likeness (QED) is 0.878. The van der Waals surface area contributed by atoms with E-state index in [2.05, 4.69) is 15.7 Å². The minimum atomic E-state index is -0.415. The SMILES string of the molecule is CC(C)CC(=O)Nc1ccc(NC(=O)c2ccc(=O)n(C)n2)cc1. The second kappa shape index (κ2) is 7.54. The summed E-state index contributed by atoms with van der Waals surface area (Å²) in [6.45, 7) is 3.96.